The number of hydrogen-bond donors (Lipinski definition) is 0. The van der Waals surface area contributed by atoms with Crippen molar-refractivity contribution >= 4 is 6.29 Å². The van der Waals surface area contributed by atoms with Crippen LogP contribution in [0.1, 0.15) is 31.7 Å². The van der Waals surface area contributed by atoms with Crippen molar-refractivity contribution in [3.8, 4) is 0 Å². The summed E-state index contributed by atoms with van der Waals surface area (Å²) in [6, 6.07) is 10.1. The summed E-state index contributed by atoms with van der Waals surface area (Å²) >= 11 is 0. The molecular weight excluding hydrogens is 236 g/mol. The molecule has 19 heavy (non-hydrogen) atoms. The lowest BCUT2D eigenvalue weighted by Gasteiger charge is -2.08. The number of rotatable bonds is 9. The summed E-state index contributed by atoms with van der Waals surface area (Å²) in [5, 5.41) is 0. The first-order valence-electron chi connectivity index (χ1n) is 6.73. The summed E-state index contributed by atoms with van der Waals surface area (Å²) in [4.78, 5) is 10.3. The lowest BCUT2D eigenvalue weighted by atomic mass is 10.1. The highest BCUT2D eigenvalue weighted by atomic mass is 16.5. The van der Waals surface area contributed by atoms with Gasteiger partial charge in [0.25, 0.3) is 0 Å². The van der Waals surface area contributed by atoms with Crippen LogP contribution in [0.2, 0.25) is 0 Å². The van der Waals surface area contributed by atoms with E-state index in [1.165, 1.54) is 11.1 Å². The Morgan fingerprint density at radius 3 is 2.74 bits per heavy atom. The fourth-order valence-electron chi connectivity index (χ4n) is 1.72. The predicted octanol–water partition coefficient (Wildman–Crippen LogP) is 4.07. The Hall–Kier alpha value is -1.67. The average molecular weight is 258 g/mol. The summed E-state index contributed by atoms with van der Waals surface area (Å²) < 4.78 is 5.72. The average Bonchev–Trinajstić information content (AvgIpc) is 2.45. The molecule has 0 aromatic heterocycles. The maximum absolute atomic E-state index is 10.3. The van der Waals surface area contributed by atoms with Crippen molar-refractivity contribution in [2.45, 2.75) is 32.8 Å². The molecule has 0 atom stereocenters. The minimum atomic E-state index is 0.617. The molecule has 1 rings (SSSR count). The maximum atomic E-state index is 10.3. The zero-order chi connectivity index (χ0) is 13.8. The second kappa shape index (κ2) is 10.3. The molecular formula is C17H22O2. The Labute approximate surface area is 115 Å². The first-order valence-corrected chi connectivity index (χ1v) is 6.73. The lowest BCUT2D eigenvalue weighted by molar-refractivity contribution is -0.107. The van der Waals surface area contributed by atoms with Gasteiger partial charge in [0, 0.05) is 6.42 Å². The fraction of sp³-hybridized carbons (Fsp3) is 0.353. The second-order valence-electron chi connectivity index (χ2n) is 4.39. The molecule has 2 nitrogen and oxygen atoms in total. The second-order valence-corrected chi connectivity index (χ2v) is 4.39. The van der Waals surface area contributed by atoms with E-state index < -0.39 is 0 Å². The van der Waals surface area contributed by atoms with E-state index in [9.17, 15) is 4.79 Å². The highest BCUT2D eigenvalue weighted by Gasteiger charge is 1.98. The Balaban J connectivity index is 2.37. The molecule has 0 aliphatic rings. The molecule has 0 aliphatic heterocycles. The van der Waals surface area contributed by atoms with Gasteiger partial charge in [-0.05, 0) is 30.9 Å². The van der Waals surface area contributed by atoms with Crippen molar-refractivity contribution in [1.29, 1.82) is 0 Å². The van der Waals surface area contributed by atoms with Crippen LogP contribution >= 0.6 is 0 Å². The third-order valence-corrected chi connectivity index (χ3v) is 2.74. The van der Waals surface area contributed by atoms with Crippen LogP contribution in [0, 0.1) is 0 Å². The van der Waals surface area contributed by atoms with Gasteiger partial charge in [0.1, 0.15) is 6.29 Å². The molecule has 0 bridgehead atoms. The van der Waals surface area contributed by atoms with E-state index in [2.05, 4.69) is 18.2 Å². The number of hydrogen-bond acceptors (Lipinski definition) is 2. The Morgan fingerprint density at radius 2 is 2.05 bits per heavy atom. The van der Waals surface area contributed by atoms with E-state index in [4.69, 9.17) is 4.74 Å². The zero-order valence-corrected chi connectivity index (χ0v) is 11.5. The normalized spacial score (nSPS) is 11.9. The van der Waals surface area contributed by atoms with Gasteiger partial charge >= 0.3 is 0 Å². The van der Waals surface area contributed by atoms with Gasteiger partial charge in [-0.2, -0.15) is 0 Å². The minimum Gasteiger partial charge on any atom is -0.372 e. The molecule has 0 unspecified atom stereocenters. The molecule has 2 heteroatoms. The number of carbonyl (C=O) groups is 1. The lowest BCUT2D eigenvalue weighted by Crippen LogP contribution is -1.99. The molecule has 0 saturated carbocycles. The summed E-state index contributed by atoms with van der Waals surface area (Å²) in [7, 11) is 0. The van der Waals surface area contributed by atoms with Crippen LogP contribution in [0.25, 0.3) is 0 Å². The van der Waals surface area contributed by atoms with Crippen LogP contribution in [0.3, 0.4) is 0 Å². The number of allylic oxidation sites excluding steroid dienone is 3. The van der Waals surface area contributed by atoms with Crippen molar-refractivity contribution in [3.05, 3.63) is 59.7 Å². The highest BCUT2D eigenvalue weighted by Crippen LogP contribution is 2.09. The van der Waals surface area contributed by atoms with Gasteiger partial charge < -0.3 is 9.53 Å². The third kappa shape index (κ3) is 7.37. The van der Waals surface area contributed by atoms with Crippen molar-refractivity contribution < 1.29 is 9.53 Å². The molecule has 0 amide bonds. The molecule has 0 heterocycles. The van der Waals surface area contributed by atoms with Crippen molar-refractivity contribution in [2.75, 3.05) is 6.61 Å². The van der Waals surface area contributed by atoms with Gasteiger partial charge in [-0.15, -0.1) is 0 Å². The zero-order valence-electron chi connectivity index (χ0n) is 11.5. The van der Waals surface area contributed by atoms with Crippen LogP contribution in [0.5, 0.6) is 0 Å². The SMILES string of the molecule is C/C=C/C=C(\CCCC=O)COCc1ccccc1. The molecule has 0 aliphatic carbocycles. The van der Waals surface area contributed by atoms with E-state index in [1.807, 2.05) is 37.3 Å². The molecule has 0 N–H and O–H groups in total. The first-order chi connectivity index (χ1) is 9.36. The van der Waals surface area contributed by atoms with Crippen LogP contribution in [-0.4, -0.2) is 12.9 Å². The predicted molar refractivity (Wildman–Crippen MR) is 78.9 cm³/mol. The number of benzene rings is 1. The Kier molecular flexibility index (Phi) is 8.32. The van der Waals surface area contributed by atoms with E-state index in [0.717, 1.165) is 19.1 Å². The monoisotopic (exact) mass is 258 g/mol. The van der Waals surface area contributed by atoms with Crippen LogP contribution in [-0.2, 0) is 16.1 Å². The van der Waals surface area contributed by atoms with E-state index in [1.54, 1.807) is 0 Å². The summed E-state index contributed by atoms with van der Waals surface area (Å²) in [6.07, 6.45) is 9.48. The summed E-state index contributed by atoms with van der Waals surface area (Å²) in [5.41, 5.74) is 2.41. The largest absolute Gasteiger partial charge is 0.372 e. The van der Waals surface area contributed by atoms with Gasteiger partial charge in [0.15, 0.2) is 0 Å². The Morgan fingerprint density at radius 1 is 1.26 bits per heavy atom. The molecule has 0 fully saturated rings. The number of ether oxygens (including phenoxy) is 1. The molecule has 1 aromatic carbocycles. The van der Waals surface area contributed by atoms with Crippen molar-refractivity contribution in [1.82, 2.24) is 0 Å². The smallest absolute Gasteiger partial charge is 0.120 e. The standard InChI is InChI=1S/C17H22O2/c1-2-3-9-16(12-7-8-13-18)14-19-15-17-10-5-4-6-11-17/h2-6,9-11,13H,7-8,12,14-15H2,1H3/b3-2+,16-9+. The number of unbranched alkanes of at least 4 members (excludes halogenated alkanes) is 1. The molecule has 0 saturated heterocycles. The van der Waals surface area contributed by atoms with Crippen LogP contribution in [0.4, 0.5) is 0 Å². The van der Waals surface area contributed by atoms with Gasteiger partial charge in [-0.3, -0.25) is 0 Å². The number of aldehydes is 1. The molecule has 102 valence electrons. The first kappa shape index (κ1) is 15.4. The van der Waals surface area contributed by atoms with Gasteiger partial charge in [0.05, 0.1) is 13.2 Å². The van der Waals surface area contributed by atoms with Gasteiger partial charge in [-0.1, -0.05) is 48.6 Å². The van der Waals surface area contributed by atoms with Crippen LogP contribution < -0.4 is 0 Å². The maximum Gasteiger partial charge on any atom is 0.120 e. The molecule has 0 spiro atoms. The molecule has 0 radical (unpaired) electrons. The summed E-state index contributed by atoms with van der Waals surface area (Å²) in [5.74, 6) is 0. The molecule has 1 aromatic rings. The summed E-state index contributed by atoms with van der Waals surface area (Å²) in [6.45, 7) is 3.24. The quantitative estimate of drug-likeness (QED) is 0.379. The topological polar surface area (TPSA) is 26.3 Å². The number of carbonyl (C=O) groups excluding carboxylic acids is 1. The van der Waals surface area contributed by atoms with Crippen LogP contribution in [0.15, 0.2) is 54.1 Å². The van der Waals surface area contributed by atoms with E-state index >= 15 is 0 Å². The van der Waals surface area contributed by atoms with E-state index in [-0.39, 0.29) is 0 Å². The van der Waals surface area contributed by atoms with Crippen molar-refractivity contribution in [2.24, 2.45) is 0 Å². The highest BCUT2D eigenvalue weighted by molar-refractivity contribution is 5.49. The van der Waals surface area contributed by atoms with Gasteiger partial charge in [-0.25, -0.2) is 0 Å². The minimum absolute atomic E-state index is 0.617. The van der Waals surface area contributed by atoms with E-state index in [0.29, 0.717) is 19.6 Å². The third-order valence-electron chi connectivity index (χ3n) is 2.74. The van der Waals surface area contributed by atoms with Gasteiger partial charge in [0.2, 0.25) is 0 Å². The van der Waals surface area contributed by atoms with Crippen molar-refractivity contribution in [3.63, 3.8) is 0 Å². The fourth-order valence-corrected chi connectivity index (χ4v) is 1.72. The Bertz CT molecular complexity index is 405.